The molecule has 0 bridgehead atoms. The Kier molecular flexibility index (Phi) is 6.00. The Hall–Kier alpha value is -1.82. The molecule has 2 aromatic rings. The quantitative estimate of drug-likeness (QED) is 0.798. The third kappa shape index (κ3) is 4.10. The summed E-state index contributed by atoms with van der Waals surface area (Å²) in [5.74, 6) is 1.20. The molecule has 0 atom stereocenters. The molecule has 0 unspecified atom stereocenters. The summed E-state index contributed by atoms with van der Waals surface area (Å²) in [6, 6.07) is 8.35. The Morgan fingerprint density at radius 1 is 1.23 bits per heavy atom. The van der Waals surface area contributed by atoms with E-state index in [-0.39, 0.29) is 5.91 Å². The van der Waals surface area contributed by atoms with Crippen LogP contribution < -0.4 is 5.32 Å². The second-order valence-electron chi connectivity index (χ2n) is 5.02. The van der Waals surface area contributed by atoms with E-state index in [1.54, 1.807) is 0 Å². The first kappa shape index (κ1) is 16.5. The predicted octanol–water partition coefficient (Wildman–Crippen LogP) is 2.76. The third-order valence-electron chi connectivity index (χ3n) is 3.30. The average molecular weight is 318 g/mol. The fraction of sp³-hybridized carbons (Fsp3) is 0.438. The molecular weight excluding hydrogens is 296 g/mol. The zero-order valence-corrected chi connectivity index (χ0v) is 14.1. The number of benzene rings is 1. The second kappa shape index (κ2) is 7.98. The predicted molar refractivity (Wildman–Crippen MR) is 89.5 cm³/mol. The Morgan fingerprint density at radius 3 is 2.59 bits per heavy atom. The van der Waals surface area contributed by atoms with Crippen molar-refractivity contribution in [3.8, 4) is 5.69 Å². The van der Waals surface area contributed by atoms with E-state index in [1.165, 1.54) is 17.3 Å². The average Bonchev–Trinajstić information content (AvgIpc) is 2.91. The molecule has 0 fully saturated rings. The van der Waals surface area contributed by atoms with Gasteiger partial charge in [-0.15, -0.1) is 10.2 Å². The zero-order chi connectivity index (χ0) is 15.9. The van der Waals surface area contributed by atoms with E-state index >= 15 is 0 Å². The van der Waals surface area contributed by atoms with Crippen molar-refractivity contribution in [2.45, 2.75) is 38.8 Å². The molecule has 1 aromatic carbocycles. The molecule has 0 saturated carbocycles. The Balaban J connectivity index is 2.11. The first-order valence-corrected chi connectivity index (χ1v) is 8.55. The van der Waals surface area contributed by atoms with E-state index < -0.39 is 0 Å². The highest BCUT2D eigenvalue weighted by atomic mass is 32.2. The van der Waals surface area contributed by atoms with Gasteiger partial charge in [-0.2, -0.15) is 0 Å². The number of amides is 1. The summed E-state index contributed by atoms with van der Waals surface area (Å²) in [5.41, 5.74) is 2.32. The van der Waals surface area contributed by atoms with Crippen molar-refractivity contribution in [2.24, 2.45) is 0 Å². The normalized spacial score (nSPS) is 10.7. The highest BCUT2D eigenvalue weighted by Crippen LogP contribution is 2.22. The summed E-state index contributed by atoms with van der Waals surface area (Å²) in [5, 5.41) is 11.9. The lowest BCUT2D eigenvalue weighted by Crippen LogP contribution is -2.25. The Labute approximate surface area is 135 Å². The molecule has 1 N–H and O–H groups in total. The molecule has 2 rings (SSSR count). The standard InChI is InChI=1S/C16H22N4OS/c1-4-10-17-15(21)11-22-16-19-18-12(3)20(16)14-8-6-13(5-2)7-9-14/h6-9H,4-5,10-11H2,1-3H3,(H,17,21). The van der Waals surface area contributed by atoms with Crippen molar-refractivity contribution in [3.63, 3.8) is 0 Å². The minimum atomic E-state index is 0.0281. The number of thioether (sulfide) groups is 1. The van der Waals surface area contributed by atoms with Crippen LogP contribution in [0.15, 0.2) is 29.4 Å². The number of carbonyl (C=O) groups excluding carboxylic acids is 1. The summed E-state index contributed by atoms with van der Waals surface area (Å²) in [6.45, 7) is 6.80. The maximum Gasteiger partial charge on any atom is 0.230 e. The monoisotopic (exact) mass is 318 g/mol. The molecule has 0 aliphatic carbocycles. The number of aromatic nitrogens is 3. The van der Waals surface area contributed by atoms with E-state index in [0.717, 1.165) is 29.5 Å². The minimum Gasteiger partial charge on any atom is -0.355 e. The van der Waals surface area contributed by atoms with Gasteiger partial charge in [0.2, 0.25) is 5.91 Å². The largest absolute Gasteiger partial charge is 0.355 e. The van der Waals surface area contributed by atoms with E-state index in [2.05, 4.69) is 46.7 Å². The van der Waals surface area contributed by atoms with Gasteiger partial charge in [0.05, 0.1) is 5.75 Å². The van der Waals surface area contributed by atoms with Crippen LogP contribution in [0.1, 0.15) is 31.7 Å². The van der Waals surface area contributed by atoms with Crippen LogP contribution in [-0.4, -0.2) is 33.0 Å². The van der Waals surface area contributed by atoms with Crippen LogP contribution in [0, 0.1) is 6.92 Å². The van der Waals surface area contributed by atoms with Gasteiger partial charge in [0.15, 0.2) is 5.16 Å². The van der Waals surface area contributed by atoms with Gasteiger partial charge in [0, 0.05) is 12.2 Å². The summed E-state index contributed by atoms with van der Waals surface area (Å²) in [4.78, 5) is 11.7. The molecular formula is C16H22N4OS. The lowest BCUT2D eigenvalue weighted by Gasteiger charge is -2.09. The van der Waals surface area contributed by atoms with E-state index in [0.29, 0.717) is 12.3 Å². The molecule has 1 amide bonds. The van der Waals surface area contributed by atoms with Gasteiger partial charge >= 0.3 is 0 Å². The lowest BCUT2D eigenvalue weighted by molar-refractivity contribution is -0.118. The van der Waals surface area contributed by atoms with E-state index in [1.807, 2.05) is 18.4 Å². The summed E-state index contributed by atoms with van der Waals surface area (Å²) < 4.78 is 1.98. The first-order valence-electron chi connectivity index (χ1n) is 7.56. The SMILES string of the molecule is CCCNC(=O)CSc1nnc(C)n1-c1ccc(CC)cc1. The van der Waals surface area contributed by atoms with Gasteiger partial charge in [0.25, 0.3) is 0 Å². The number of hydrogen-bond acceptors (Lipinski definition) is 4. The zero-order valence-electron chi connectivity index (χ0n) is 13.3. The van der Waals surface area contributed by atoms with Crippen molar-refractivity contribution in [3.05, 3.63) is 35.7 Å². The number of rotatable bonds is 7. The number of aryl methyl sites for hydroxylation is 2. The van der Waals surface area contributed by atoms with Gasteiger partial charge in [0.1, 0.15) is 5.82 Å². The van der Waals surface area contributed by atoms with Crippen LogP contribution in [0.5, 0.6) is 0 Å². The molecule has 1 heterocycles. The van der Waals surface area contributed by atoms with Gasteiger partial charge < -0.3 is 5.32 Å². The molecule has 0 radical (unpaired) electrons. The van der Waals surface area contributed by atoms with Crippen molar-refractivity contribution < 1.29 is 4.79 Å². The highest BCUT2D eigenvalue weighted by molar-refractivity contribution is 7.99. The van der Waals surface area contributed by atoms with Crippen molar-refractivity contribution in [2.75, 3.05) is 12.3 Å². The highest BCUT2D eigenvalue weighted by Gasteiger charge is 2.13. The summed E-state index contributed by atoms with van der Waals surface area (Å²) in [7, 11) is 0. The van der Waals surface area contributed by atoms with Gasteiger partial charge in [-0.3, -0.25) is 9.36 Å². The minimum absolute atomic E-state index is 0.0281. The van der Waals surface area contributed by atoms with Crippen LogP contribution in [0.25, 0.3) is 5.69 Å². The first-order chi connectivity index (χ1) is 10.7. The van der Waals surface area contributed by atoms with Gasteiger partial charge in [-0.25, -0.2) is 0 Å². The molecule has 0 saturated heterocycles. The van der Waals surface area contributed by atoms with Crippen molar-refractivity contribution in [1.82, 2.24) is 20.1 Å². The number of nitrogens with zero attached hydrogens (tertiary/aromatic N) is 3. The third-order valence-corrected chi connectivity index (χ3v) is 4.23. The molecule has 6 heteroatoms. The van der Waals surface area contributed by atoms with E-state index in [4.69, 9.17) is 0 Å². The molecule has 22 heavy (non-hydrogen) atoms. The van der Waals surface area contributed by atoms with Crippen molar-refractivity contribution in [1.29, 1.82) is 0 Å². The lowest BCUT2D eigenvalue weighted by atomic mass is 10.1. The molecule has 118 valence electrons. The Bertz CT molecular complexity index is 622. The number of carbonyl (C=O) groups is 1. The van der Waals surface area contributed by atoms with Crippen LogP contribution in [0.2, 0.25) is 0 Å². The Morgan fingerprint density at radius 2 is 1.95 bits per heavy atom. The molecule has 5 nitrogen and oxygen atoms in total. The van der Waals surface area contributed by atoms with Crippen molar-refractivity contribution >= 4 is 17.7 Å². The summed E-state index contributed by atoms with van der Waals surface area (Å²) >= 11 is 1.41. The molecule has 0 aliphatic rings. The topological polar surface area (TPSA) is 59.8 Å². The maximum atomic E-state index is 11.7. The molecule has 0 spiro atoms. The maximum absolute atomic E-state index is 11.7. The number of hydrogen-bond donors (Lipinski definition) is 1. The number of nitrogens with one attached hydrogen (secondary N) is 1. The van der Waals surface area contributed by atoms with Crippen LogP contribution in [0.4, 0.5) is 0 Å². The molecule has 1 aromatic heterocycles. The van der Waals surface area contributed by atoms with Crippen LogP contribution >= 0.6 is 11.8 Å². The fourth-order valence-corrected chi connectivity index (χ4v) is 2.89. The second-order valence-corrected chi connectivity index (χ2v) is 5.97. The van der Waals surface area contributed by atoms with Gasteiger partial charge in [-0.1, -0.05) is 37.7 Å². The molecule has 0 aliphatic heterocycles. The van der Waals surface area contributed by atoms with Crippen LogP contribution in [-0.2, 0) is 11.2 Å². The smallest absolute Gasteiger partial charge is 0.230 e. The van der Waals surface area contributed by atoms with Gasteiger partial charge in [-0.05, 0) is 37.5 Å². The van der Waals surface area contributed by atoms with E-state index in [9.17, 15) is 4.79 Å². The van der Waals surface area contributed by atoms with Crippen LogP contribution in [0.3, 0.4) is 0 Å². The summed E-state index contributed by atoms with van der Waals surface area (Å²) in [6.07, 6.45) is 1.95. The fourth-order valence-electron chi connectivity index (χ4n) is 2.06.